The van der Waals surface area contributed by atoms with Gasteiger partial charge < -0.3 is 10.1 Å². The highest BCUT2D eigenvalue weighted by Gasteiger charge is 2.31. The van der Waals surface area contributed by atoms with Crippen LogP contribution in [0.25, 0.3) is 0 Å². The molecule has 0 aliphatic carbocycles. The maximum Gasteiger partial charge on any atom is 0.244 e. The van der Waals surface area contributed by atoms with Crippen molar-refractivity contribution in [2.45, 2.75) is 11.0 Å². The number of sulfonamides is 1. The van der Waals surface area contributed by atoms with Crippen LogP contribution >= 0.6 is 15.9 Å². The van der Waals surface area contributed by atoms with Crippen molar-refractivity contribution in [1.29, 1.82) is 0 Å². The lowest BCUT2D eigenvalue weighted by molar-refractivity contribution is 0.000813. The highest BCUT2D eigenvalue weighted by atomic mass is 79.9. The molecule has 1 aliphatic heterocycles. The van der Waals surface area contributed by atoms with E-state index in [4.69, 9.17) is 4.74 Å². The normalized spacial score (nSPS) is 21.5. The fraction of sp³-hybridized carbons (Fsp3) is 0.500. The lowest BCUT2D eigenvalue weighted by Crippen LogP contribution is -2.48. The van der Waals surface area contributed by atoms with Crippen molar-refractivity contribution >= 4 is 26.0 Å². The second-order valence-electron chi connectivity index (χ2n) is 4.34. The van der Waals surface area contributed by atoms with Crippen molar-refractivity contribution in [3.8, 4) is 0 Å². The first-order valence-corrected chi connectivity index (χ1v) is 8.30. The van der Waals surface area contributed by atoms with Crippen molar-refractivity contribution in [3.05, 3.63) is 28.7 Å². The third kappa shape index (κ3) is 3.35. The van der Waals surface area contributed by atoms with Crippen LogP contribution in [-0.4, -0.2) is 52.1 Å². The number of rotatable bonds is 4. The molecule has 0 aromatic heterocycles. The molecule has 1 saturated heterocycles. The van der Waals surface area contributed by atoms with Crippen LogP contribution in [0.5, 0.6) is 0 Å². The number of likely N-dealkylation sites (N-methyl/N-ethyl adjacent to an activating group) is 1. The quantitative estimate of drug-likeness (QED) is 0.883. The van der Waals surface area contributed by atoms with E-state index in [-0.39, 0.29) is 6.10 Å². The van der Waals surface area contributed by atoms with Gasteiger partial charge in [-0.1, -0.05) is 12.1 Å². The fourth-order valence-electron chi connectivity index (χ4n) is 2.05. The first-order valence-electron chi connectivity index (χ1n) is 6.06. The lowest BCUT2D eigenvalue weighted by atomic mass is 10.3. The van der Waals surface area contributed by atoms with Crippen molar-refractivity contribution < 1.29 is 13.2 Å². The predicted molar refractivity (Wildman–Crippen MR) is 76.6 cm³/mol. The van der Waals surface area contributed by atoms with Gasteiger partial charge in [-0.25, -0.2) is 8.42 Å². The van der Waals surface area contributed by atoms with Crippen LogP contribution in [0.15, 0.2) is 33.6 Å². The van der Waals surface area contributed by atoms with Gasteiger partial charge in [-0.05, 0) is 35.1 Å². The van der Waals surface area contributed by atoms with Crippen LogP contribution in [0.4, 0.5) is 0 Å². The number of hydrogen-bond acceptors (Lipinski definition) is 4. The summed E-state index contributed by atoms with van der Waals surface area (Å²) in [7, 11) is -1.64. The summed E-state index contributed by atoms with van der Waals surface area (Å²) < 4.78 is 32.8. The Balaban J connectivity index is 2.22. The molecule has 0 bridgehead atoms. The van der Waals surface area contributed by atoms with Crippen LogP contribution < -0.4 is 5.32 Å². The summed E-state index contributed by atoms with van der Waals surface area (Å²) >= 11 is 3.30. The van der Waals surface area contributed by atoms with E-state index >= 15 is 0 Å². The average molecular weight is 349 g/mol. The standard InChI is InChI=1S/C12H17BrN2O3S/c1-14-8-10-9-15(6-7-18-10)19(16,17)12-5-3-2-4-11(12)13/h2-5,10,14H,6-9H2,1H3. The van der Waals surface area contributed by atoms with Gasteiger partial charge in [-0.3, -0.25) is 0 Å². The number of nitrogens with zero attached hydrogens (tertiary/aromatic N) is 1. The average Bonchev–Trinajstić information content (AvgIpc) is 2.40. The van der Waals surface area contributed by atoms with E-state index < -0.39 is 10.0 Å². The topological polar surface area (TPSA) is 58.6 Å². The first kappa shape index (κ1) is 14.9. The minimum atomic E-state index is -3.47. The van der Waals surface area contributed by atoms with Gasteiger partial charge in [0.05, 0.1) is 17.6 Å². The van der Waals surface area contributed by atoms with Crippen LogP contribution in [0.3, 0.4) is 0 Å². The predicted octanol–water partition coefficient (Wildman–Crippen LogP) is 1.06. The van der Waals surface area contributed by atoms with Gasteiger partial charge >= 0.3 is 0 Å². The minimum absolute atomic E-state index is 0.101. The molecule has 0 spiro atoms. The molecule has 1 heterocycles. The Labute approximate surface area is 122 Å². The zero-order valence-electron chi connectivity index (χ0n) is 10.7. The number of hydrogen-bond donors (Lipinski definition) is 1. The third-order valence-electron chi connectivity index (χ3n) is 2.99. The van der Waals surface area contributed by atoms with Gasteiger partial charge in [0, 0.05) is 24.1 Å². The molecule has 1 unspecified atom stereocenters. The van der Waals surface area contributed by atoms with Gasteiger partial charge in [-0.2, -0.15) is 4.31 Å². The van der Waals surface area contributed by atoms with Gasteiger partial charge in [-0.15, -0.1) is 0 Å². The SMILES string of the molecule is CNCC1CN(S(=O)(=O)c2ccccc2Br)CCO1. The zero-order chi connectivity index (χ0) is 13.9. The molecule has 0 saturated carbocycles. The molecule has 1 aromatic rings. The second kappa shape index (κ2) is 6.32. The van der Waals surface area contributed by atoms with Gasteiger partial charge in [0.1, 0.15) is 0 Å². The number of halogens is 1. The lowest BCUT2D eigenvalue weighted by Gasteiger charge is -2.32. The van der Waals surface area contributed by atoms with Crippen LogP contribution in [0, 0.1) is 0 Å². The molecule has 7 heteroatoms. The first-order chi connectivity index (χ1) is 9.05. The van der Waals surface area contributed by atoms with Gasteiger partial charge in [0.15, 0.2) is 0 Å². The molecular weight excluding hydrogens is 332 g/mol. The van der Waals surface area contributed by atoms with E-state index in [1.165, 1.54) is 4.31 Å². The van der Waals surface area contributed by atoms with Crippen molar-refractivity contribution in [1.82, 2.24) is 9.62 Å². The Morgan fingerprint density at radius 3 is 2.89 bits per heavy atom. The molecule has 1 aliphatic rings. The fourth-order valence-corrected chi connectivity index (χ4v) is 4.47. The van der Waals surface area contributed by atoms with E-state index in [1.807, 2.05) is 7.05 Å². The molecule has 2 rings (SSSR count). The van der Waals surface area contributed by atoms with Gasteiger partial charge in [0.2, 0.25) is 10.0 Å². The minimum Gasteiger partial charge on any atom is -0.374 e. The molecular formula is C12H17BrN2O3S. The molecule has 106 valence electrons. The zero-order valence-corrected chi connectivity index (χ0v) is 13.1. The Kier molecular flexibility index (Phi) is 4.97. The summed E-state index contributed by atoms with van der Waals surface area (Å²) in [5, 5.41) is 3.00. The largest absolute Gasteiger partial charge is 0.374 e. The molecule has 0 radical (unpaired) electrons. The van der Waals surface area contributed by atoms with Crippen LogP contribution in [0.2, 0.25) is 0 Å². The smallest absolute Gasteiger partial charge is 0.244 e. The monoisotopic (exact) mass is 348 g/mol. The van der Waals surface area contributed by atoms with E-state index in [0.29, 0.717) is 35.6 Å². The van der Waals surface area contributed by atoms with E-state index in [1.54, 1.807) is 24.3 Å². The molecule has 19 heavy (non-hydrogen) atoms. The molecule has 1 atom stereocenters. The van der Waals surface area contributed by atoms with Crippen LogP contribution in [0.1, 0.15) is 0 Å². The van der Waals surface area contributed by atoms with Crippen LogP contribution in [-0.2, 0) is 14.8 Å². The summed E-state index contributed by atoms with van der Waals surface area (Å²) in [5.41, 5.74) is 0. The summed E-state index contributed by atoms with van der Waals surface area (Å²) in [6.07, 6.45) is -0.101. The number of morpholine rings is 1. The Hall–Kier alpha value is -0.470. The van der Waals surface area contributed by atoms with E-state index in [0.717, 1.165) is 0 Å². The summed E-state index contributed by atoms with van der Waals surface area (Å²) in [5.74, 6) is 0. The number of ether oxygens (including phenoxy) is 1. The maximum atomic E-state index is 12.6. The maximum absolute atomic E-state index is 12.6. The van der Waals surface area contributed by atoms with Crippen molar-refractivity contribution in [3.63, 3.8) is 0 Å². The molecule has 1 aromatic carbocycles. The van der Waals surface area contributed by atoms with E-state index in [9.17, 15) is 8.42 Å². The Bertz CT molecular complexity index is 534. The Morgan fingerprint density at radius 2 is 2.21 bits per heavy atom. The summed E-state index contributed by atoms with van der Waals surface area (Å²) in [4.78, 5) is 0.306. The number of benzene rings is 1. The highest BCUT2D eigenvalue weighted by molar-refractivity contribution is 9.10. The van der Waals surface area contributed by atoms with Crippen molar-refractivity contribution in [2.24, 2.45) is 0 Å². The highest BCUT2D eigenvalue weighted by Crippen LogP contribution is 2.25. The summed E-state index contributed by atoms with van der Waals surface area (Å²) in [6, 6.07) is 6.87. The Morgan fingerprint density at radius 1 is 1.47 bits per heavy atom. The van der Waals surface area contributed by atoms with E-state index in [2.05, 4.69) is 21.2 Å². The molecule has 1 N–H and O–H groups in total. The summed E-state index contributed by atoms with van der Waals surface area (Å²) in [6.45, 7) is 1.84. The molecule has 1 fully saturated rings. The third-order valence-corrected chi connectivity index (χ3v) is 5.87. The second-order valence-corrected chi connectivity index (χ2v) is 7.10. The molecule has 0 amide bonds. The molecule has 5 nitrogen and oxygen atoms in total. The van der Waals surface area contributed by atoms with Crippen molar-refractivity contribution in [2.75, 3.05) is 33.3 Å². The van der Waals surface area contributed by atoms with Gasteiger partial charge in [0.25, 0.3) is 0 Å². The number of nitrogens with one attached hydrogen (secondary N) is 1.